The van der Waals surface area contributed by atoms with E-state index in [0.29, 0.717) is 6.42 Å². The molecule has 2 N–H and O–H groups in total. The fourth-order valence-electron chi connectivity index (χ4n) is 3.58. The van der Waals surface area contributed by atoms with Gasteiger partial charge in [0.2, 0.25) is 5.91 Å². The maximum atomic E-state index is 12.0. The van der Waals surface area contributed by atoms with Gasteiger partial charge in [0.05, 0.1) is 0 Å². The molecule has 0 unspecified atom stereocenters. The molecule has 1 aromatic carbocycles. The van der Waals surface area contributed by atoms with Gasteiger partial charge in [-0.1, -0.05) is 24.6 Å². The Kier molecular flexibility index (Phi) is 6.30. The van der Waals surface area contributed by atoms with E-state index < -0.39 is 0 Å². The van der Waals surface area contributed by atoms with Crippen LogP contribution in [0.3, 0.4) is 0 Å². The van der Waals surface area contributed by atoms with Crippen molar-refractivity contribution in [3.8, 4) is 0 Å². The van der Waals surface area contributed by atoms with Crippen molar-refractivity contribution < 1.29 is 4.79 Å². The highest BCUT2D eigenvalue weighted by molar-refractivity contribution is 5.83. The van der Waals surface area contributed by atoms with E-state index in [4.69, 9.17) is 0 Å². The molecule has 2 heterocycles. The van der Waals surface area contributed by atoms with Gasteiger partial charge in [0.25, 0.3) is 0 Å². The Labute approximate surface area is 144 Å². The van der Waals surface area contributed by atoms with Gasteiger partial charge in [0.15, 0.2) is 0 Å². The zero-order valence-electron chi connectivity index (χ0n) is 14.5. The number of fused-ring (bicyclic) bond motifs is 1. The zero-order chi connectivity index (χ0) is 16.6. The third-order valence-electron chi connectivity index (χ3n) is 4.95. The van der Waals surface area contributed by atoms with Crippen molar-refractivity contribution in [3.05, 3.63) is 36.0 Å². The van der Waals surface area contributed by atoms with E-state index in [1.54, 1.807) is 0 Å². The number of rotatable bonds is 8. The van der Waals surface area contributed by atoms with E-state index in [9.17, 15) is 4.79 Å². The number of likely N-dealkylation sites (tertiary alicyclic amines) is 1. The van der Waals surface area contributed by atoms with Crippen molar-refractivity contribution in [1.29, 1.82) is 0 Å². The van der Waals surface area contributed by atoms with Gasteiger partial charge in [-0.15, -0.1) is 0 Å². The summed E-state index contributed by atoms with van der Waals surface area (Å²) in [4.78, 5) is 17.8. The van der Waals surface area contributed by atoms with Gasteiger partial charge >= 0.3 is 0 Å². The average Bonchev–Trinajstić information content (AvgIpc) is 3.03. The second-order valence-corrected chi connectivity index (χ2v) is 6.82. The molecular weight excluding hydrogens is 298 g/mol. The smallest absolute Gasteiger partial charge is 0.220 e. The summed E-state index contributed by atoms with van der Waals surface area (Å²) in [5.41, 5.74) is 2.48. The molecule has 1 aromatic heterocycles. The normalized spacial score (nSPS) is 15.7. The minimum absolute atomic E-state index is 0.188. The number of aryl methyl sites for hydroxylation is 1. The molecule has 130 valence electrons. The minimum atomic E-state index is 0.188. The molecule has 0 aliphatic carbocycles. The van der Waals surface area contributed by atoms with Crippen LogP contribution in [0.4, 0.5) is 0 Å². The first-order chi connectivity index (χ1) is 11.8. The molecule has 1 aliphatic heterocycles. The summed E-state index contributed by atoms with van der Waals surface area (Å²) < 4.78 is 0. The van der Waals surface area contributed by atoms with Crippen LogP contribution in [0, 0.1) is 0 Å². The monoisotopic (exact) mass is 327 g/mol. The molecule has 0 spiro atoms. The van der Waals surface area contributed by atoms with Crippen molar-refractivity contribution in [1.82, 2.24) is 15.2 Å². The maximum Gasteiger partial charge on any atom is 0.220 e. The number of H-pyrrole nitrogens is 1. The first kappa shape index (κ1) is 17.0. The van der Waals surface area contributed by atoms with Gasteiger partial charge in [-0.3, -0.25) is 4.79 Å². The summed E-state index contributed by atoms with van der Waals surface area (Å²) in [6.07, 6.45) is 9.65. The summed E-state index contributed by atoms with van der Waals surface area (Å²) in [5, 5.41) is 4.34. The summed E-state index contributed by atoms with van der Waals surface area (Å²) in [7, 11) is 0. The number of carbonyl (C=O) groups is 1. The lowest BCUT2D eigenvalue weighted by atomic mass is 10.1. The van der Waals surface area contributed by atoms with Gasteiger partial charge in [-0.2, -0.15) is 0 Å². The van der Waals surface area contributed by atoms with Crippen molar-refractivity contribution >= 4 is 16.8 Å². The molecule has 1 saturated heterocycles. The Hall–Kier alpha value is -1.81. The number of hydrogen-bond acceptors (Lipinski definition) is 2. The number of piperidine rings is 1. The second kappa shape index (κ2) is 8.88. The van der Waals surface area contributed by atoms with Crippen molar-refractivity contribution in [2.45, 2.75) is 44.9 Å². The Bertz CT molecular complexity index is 643. The van der Waals surface area contributed by atoms with Crippen LogP contribution in [-0.4, -0.2) is 42.0 Å². The highest BCUT2D eigenvalue weighted by atomic mass is 16.1. The maximum absolute atomic E-state index is 12.0. The Morgan fingerprint density at radius 1 is 1.12 bits per heavy atom. The molecule has 4 heteroatoms. The van der Waals surface area contributed by atoms with E-state index in [2.05, 4.69) is 39.6 Å². The molecule has 0 saturated carbocycles. The van der Waals surface area contributed by atoms with Crippen molar-refractivity contribution in [3.63, 3.8) is 0 Å². The van der Waals surface area contributed by atoms with E-state index in [0.717, 1.165) is 32.4 Å². The highest BCUT2D eigenvalue weighted by Crippen LogP contribution is 2.19. The van der Waals surface area contributed by atoms with Gasteiger partial charge < -0.3 is 15.2 Å². The van der Waals surface area contributed by atoms with Gasteiger partial charge in [-0.05, 0) is 63.4 Å². The molecule has 4 nitrogen and oxygen atoms in total. The molecule has 0 bridgehead atoms. The quantitative estimate of drug-likeness (QED) is 0.729. The Morgan fingerprint density at radius 2 is 1.96 bits per heavy atom. The van der Waals surface area contributed by atoms with E-state index in [1.807, 2.05) is 6.07 Å². The summed E-state index contributed by atoms with van der Waals surface area (Å²) >= 11 is 0. The van der Waals surface area contributed by atoms with E-state index in [-0.39, 0.29) is 5.91 Å². The van der Waals surface area contributed by atoms with Gasteiger partial charge in [0.1, 0.15) is 0 Å². The fourth-order valence-corrected chi connectivity index (χ4v) is 3.58. The number of para-hydroxylation sites is 1. The third kappa shape index (κ3) is 4.84. The Morgan fingerprint density at radius 3 is 2.83 bits per heavy atom. The van der Waals surface area contributed by atoms with E-state index in [1.165, 1.54) is 48.8 Å². The highest BCUT2D eigenvalue weighted by Gasteiger charge is 2.09. The fraction of sp³-hybridized carbons (Fsp3) is 0.550. The average molecular weight is 327 g/mol. The summed E-state index contributed by atoms with van der Waals surface area (Å²) in [6, 6.07) is 8.34. The van der Waals surface area contributed by atoms with Gasteiger partial charge in [0, 0.05) is 30.1 Å². The lowest BCUT2D eigenvalue weighted by molar-refractivity contribution is -0.121. The van der Waals surface area contributed by atoms with Crippen LogP contribution in [0.25, 0.3) is 10.9 Å². The van der Waals surface area contributed by atoms with Crippen LogP contribution in [0.1, 0.15) is 44.1 Å². The number of aromatic nitrogens is 1. The van der Waals surface area contributed by atoms with Crippen LogP contribution in [0.5, 0.6) is 0 Å². The number of amides is 1. The van der Waals surface area contributed by atoms with Crippen LogP contribution in [0.15, 0.2) is 30.5 Å². The molecule has 24 heavy (non-hydrogen) atoms. The second-order valence-electron chi connectivity index (χ2n) is 6.82. The first-order valence-electron chi connectivity index (χ1n) is 9.37. The molecular formula is C20H29N3O. The first-order valence-corrected chi connectivity index (χ1v) is 9.37. The Balaban J connectivity index is 1.30. The molecule has 1 amide bonds. The summed E-state index contributed by atoms with van der Waals surface area (Å²) in [5.74, 6) is 0.188. The minimum Gasteiger partial charge on any atom is -0.361 e. The number of nitrogens with zero attached hydrogens (tertiary/aromatic N) is 1. The number of aromatic amines is 1. The lowest BCUT2D eigenvalue weighted by Crippen LogP contribution is -2.33. The zero-order valence-corrected chi connectivity index (χ0v) is 14.5. The predicted molar refractivity (Wildman–Crippen MR) is 99.2 cm³/mol. The predicted octanol–water partition coefficient (Wildman–Crippen LogP) is 3.48. The van der Waals surface area contributed by atoms with Crippen LogP contribution >= 0.6 is 0 Å². The molecule has 0 atom stereocenters. The topological polar surface area (TPSA) is 48.1 Å². The SMILES string of the molecule is O=C(CCCc1c[nH]c2ccccc12)NCCCN1CCCCC1. The van der Waals surface area contributed by atoms with Crippen molar-refractivity contribution in [2.24, 2.45) is 0 Å². The third-order valence-corrected chi connectivity index (χ3v) is 4.95. The molecule has 1 fully saturated rings. The van der Waals surface area contributed by atoms with Crippen LogP contribution in [-0.2, 0) is 11.2 Å². The summed E-state index contributed by atoms with van der Waals surface area (Å²) in [6.45, 7) is 4.40. The number of nitrogens with one attached hydrogen (secondary N) is 2. The number of hydrogen-bond donors (Lipinski definition) is 2. The lowest BCUT2D eigenvalue weighted by Gasteiger charge is -2.26. The number of carbonyl (C=O) groups excluding carboxylic acids is 1. The van der Waals surface area contributed by atoms with Crippen LogP contribution < -0.4 is 5.32 Å². The molecule has 0 radical (unpaired) electrons. The molecule has 1 aliphatic rings. The number of benzene rings is 1. The van der Waals surface area contributed by atoms with Crippen LogP contribution in [0.2, 0.25) is 0 Å². The molecule has 3 rings (SSSR count). The van der Waals surface area contributed by atoms with Gasteiger partial charge in [-0.25, -0.2) is 0 Å². The largest absolute Gasteiger partial charge is 0.361 e. The van der Waals surface area contributed by atoms with E-state index >= 15 is 0 Å². The van der Waals surface area contributed by atoms with Crippen molar-refractivity contribution in [2.75, 3.05) is 26.2 Å². The molecule has 2 aromatic rings. The standard InChI is InChI=1S/C20H29N3O/c24-20(21-12-7-15-23-13-4-1-5-14-23)11-6-8-17-16-22-19-10-3-2-9-18(17)19/h2-3,9-10,16,22H,1,4-8,11-15H2,(H,21,24).